The number of nitrogens with zero attached hydrogens (tertiary/aromatic N) is 9. The van der Waals surface area contributed by atoms with E-state index >= 15 is 0 Å². The molecular weight excluding hydrogens is 1720 g/mol. The molecule has 10 N–H and O–H groups in total. The summed E-state index contributed by atoms with van der Waals surface area (Å²) in [6.45, 7) is 20.4. The third-order valence-corrected chi connectivity index (χ3v) is 26.5. The van der Waals surface area contributed by atoms with Crippen molar-refractivity contribution in [1.82, 2.24) is 50.1 Å². The molecule has 4 fully saturated rings. The van der Waals surface area contributed by atoms with E-state index in [9.17, 15) is 49.2 Å². The van der Waals surface area contributed by atoms with Gasteiger partial charge in [-0.2, -0.15) is 10.1 Å². The Morgan fingerprint density at radius 2 is 1.44 bits per heavy atom. The van der Waals surface area contributed by atoms with Crippen LogP contribution < -0.4 is 22.1 Å². The van der Waals surface area contributed by atoms with Crippen molar-refractivity contribution in [3.63, 3.8) is 0 Å². The van der Waals surface area contributed by atoms with E-state index in [0.717, 1.165) is 28.7 Å². The number of fused-ring (bicyclic) bond motifs is 6. The summed E-state index contributed by atoms with van der Waals surface area (Å²) in [5.41, 5.74) is 20.3. The topological polar surface area (TPSA) is 462 Å². The first-order chi connectivity index (χ1) is 64.1. The average molecular weight is 1860 g/mol. The lowest BCUT2D eigenvalue weighted by molar-refractivity contribution is -0.265. The van der Waals surface area contributed by atoms with Crippen molar-refractivity contribution in [2.24, 2.45) is 40.7 Å². The van der Waals surface area contributed by atoms with Crippen LogP contribution in [0.1, 0.15) is 161 Å². The second kappa shape index (κ2) is 52.3. The highest BCUT2D eigenvalue weighted by Gasteiger charge is 2.53. The number of aromatic nitrogens is 5. The number of ketones is 1. The number of benzene rings is 2. The lowest BCUT2D eigenvalue weighted by atomic mass is 9.78. The van der Waals surface area contributed by atoms with Gasteiger partial charge in [0.05, 0.1) is 140 Å². The molecule has 5 aromatic rings. The summed E-state index contributed by atoms with van der Waals surface area (Å²) < 4.78 is 71.6. The Labute approximate surface area is 779 Å². The number of oxime groups is 1. The first-order valence-electron chi connectivity index (χ1n) is 47.4. The number of carbonyl (C=O) groups is 6. The molecule has 734 valence electrons. The monoisotopic (exact) mass is 1860 g/mol. The minimum atomic E-state index is -2.47. The number of aliphatic hydroxyl groups excluding tert-OH is 3. The first kappa shape index (κ1) is 104. The normalized spacial score (nSPS) is 27.5. The van der Waals surface area contributed by atoms with Crippen LogP contribution in [0.2, 0.25) is 0 Å². The number of nitrogen functional groups attached to an aromatic ring is 2. The Kier molecular flexibility index (Phi) is 41.0. The van der Waals surface area contributed by atoms with E-state index in [1.165, 1.54) is 23.9 Å². The number of carbonyl (C=O) groups excluding carboxylic acids is 6. The van der Waals surface area contributed by atoms with Crippen LogP contribution in [0.3, 0.4) is 0 Å². The third-order valence-electron chi connectivity index (χ3n) is 26.5. The smallest absolute Gasteiger partial charge is 0.329 e. The quantitative estimate of drug-likeness (QED) is 0.00625. The minimum Gasteiger partial charge on any atom is -0.460 e. The summed E-state index contributed by atoms with van der Waals surface area (Å²) in [5.74, 6) is -7.58. The van der Waals surface area contributed by atoms with E-state index in [-0.39, 0.29) is 92.4 Å². The number of hydrogen-bond acceptors (Lipinski definition) is 31. The lowest BCUT2D eigenvalue weighted by Crippen LogP contribution is -2.61. The molecule has 0 unspecified atom stereocenters. The Morgan fingerprint density at radius 3 is 2.14 bits per heavy atom. The van der Waals surface area contributed by atoms with E-state index in [1.54, 1.807) is 47.1 Å². The number of allylic oxidation sites excluding steroid dienone is 5. The second-order valence-corrected chi connectivity index (χ2v) is 36.4. The predicted molar refractivity (Wildman–Crippen MR) is 496 cm³/mol. The fourth-order valence-electron chi connectivity index (χ4n) is 18.7. The molecule has 4 amide bonds. The number of nitrogens with one attached hydrogen (secondary N) is 2. The number of nitrogens with two attached hydrogens (primary N) is 2. The van der Waals surface area contributed by atoms with Crippen LogP contribution in [0.15, 0.2) is 99.9 Å². The molecule has 5 aliphatic heterocycles. The van der Waals surface area contributed by atoms with Crippen LogP contribution in [-0.2, 0) is 105 Å². The Balaban J connectivity index is 0.552. The average Bonchev–Trinajstić information content (AvgIpc) is 0.932. The summed E-state index contributed by atoms with van der Waals surface area (Å²) in [6.07, 6.45) is 13.8. The second-order valence-electron chi connectivity index (χ2n) is 36.4. The molecule has 2 aromatic carbocycles. The highest BCUT2D eigenvalue weighted by molar-refractivity contribution is 6.39. The molecule has 36 nitrogen and oxygen atoms in total. The zero-order valence-corrected chi connectivity index (χ0v) is 79.1. The molecule has 6 aliphatic rings. The fraction of sp³-hybridized carbons (Fsp3) is 0.660. The number of esters is 1. The number of rotatable bonds is 36. The Hall–Kier alpha value is -9.09. The van der Waals surface area contributed by atoms with Crippen molar-refractivity contribution in [3.05, 3.63) is 107 Å². The van der Waals surface area contributed by atoms with Crippen LogP contribution in [0.5, 0.6) is 0 Å². The van der Waals surface area contributed by atoms with Crippen molar-refractivity contribution in [3.8, 4) is 11.3 Å². The van der Waals surface area contributed by atoms with E-state index in [2.05, 4.69) is 48.9 Å². The molecule has 2 bridgehead atoms. The molecule has 0 spiro atoms. The highest BCUT2D eigenvalue weighted by atomic mass is 16.6. The van der Waals surface area contributed by atoms with E-state index in [4.69, 9.17) is 77.9 Å². The molecule has 133 heavy (non-hydrogen) atoms. The first-order valence-corrected chi connectivity index (χ1v) is 47.4. The van der Waals surface area contributed by atoms with Crippen molar-refractivity contribution >= 4 is 75.1 Å². The number of ether oxygens (including phenoxy) is 11. The summed E-state index contributed by atoms with van der Waals surface area (Å²) in [6, 6.07) is 10.6. The number of cyclic esters (lactones) is 1. The van der Waals surface area contributed by atoms with E-state index in [1.807, 2.05) is 84.7 Å². The Bertz CT molecular complexity index is 4740. The highest BCUT2D eigenvalue weighted by Crippen LogP contribution is 2.40. The maximum atomic E-state index is 14.8. The Morgan fingerprint density at radius 1 is 0.722 bits per heavy atom. The minimum absolute atomic E-state index is 0.0339. The predicted octanol–water partition coefficient (Wildman–Crippen LogP) is 7.71. The van der Waals surface area contributed by atoms with Gasteiger partial charge in [-0.3, -0.25) is 28.9 Å². The van der Waals surface area contributed by atoms with Gasteiger partial charge in [0.1, 0.15) is 47.7 Å². The van der Waals surface area contributed by atoms with Crippen LogP contribution in [0, 0.1) is 35.5 Å². The van der Waals surface area contributed by atoms with Gasteiger partial charge in [-0.1, -0.05) is 94.4 Å². The molecule has 36 heteroatoms. The molecule has 16 atom stereocenters. The fourth-order valence-corrected chi connectivity index (χ4v) is 18.7. The number of Topliss-reactive ketones (excluding diaryl/α,β-unsaturated/α-hetero) is 1. The summed E-state index contributed by atoms with van der Waals surface area (Å²) in [7, 11) is 4.61. The van der Waals surface area contributed by atoms with E-state index < -0.39 is 96.6 Å². The molecular formula is C97H143N13O23. The van der Waals surface area contributed by atoms with E-state index in [0.29, 0.717) is 234 Å². The zero-order chi connectivity index (χ0) is 95.1. The maximum Gasteiger partial charge on any atom is 0.329 e. The van der Waals surface area contributed by atoms with Crippen LogP contribution in [-0.4, -0.2) is 314 Å². The molecule has 1 aliphatic carbocycles. The van der Waals surface area contributed by atoms with Gasteiger partial charge in [-0.05, 0) is 161 Å². The van der Waals surface area contributed by atoms with Gasteiger partial charge in [0.15, 0.2) is 17.8 Å². The molecule has 0 radical (unpaired) electrons. The SMILES string of the molecule is CO[C@H]1C[C@@H]2CC[C@@H](C)[C@@](O)(O2)C(=O)C(=O)N2CCCC[C@H]2C(=O)O[C@H]([C@H](C)C[C@@H]2CC[C@@H](O)[C@H](OC)C2)C[C@@H](O)[C@H](C)/C=C(\C)[C@@H](O)[C@@H](OC)C(=NOCC(=O)NC2CCN(CC(=O)NCCOCCOCCOCCOCCOCCOCCC(=O)N3CCc4cc(Cn5nc(-c6ccc7oc(N)nc7c6)c6c(N)ncnc65)ccc4C3)CC2)[C@H](C)C[C@H](C)/C=C/C=CC=C1C. The van der Waals surface area contributed by atoms with Crippen molar-refractivity contribution in [2.45, 2.75) is 231 Å². The summed E-state index contributed by atoms with van der Waals surface area (Å²) in [4.78, 5) is 108. The number of anilines is 2. The molecule has 3 aromatic heterocycles. The number of likely N-dealkylation sites (tertiary alicyclic amines) is 1. The van der Waals surface area contributed by atoms with Crippen molar-refractivity contribution in [1.29, 1.82) is 0 Å². The van der Waals surface area contributed by atoms with Gasteiger partial charge in [0, 0.05) is 103 Å². The van der Waals surface area contributed by atoms with Crippen LogP contribution in [0.4, 0.5) is 11.8 Å². The van der Waals surface area contributed by atoms with Gasteiger partial charge in [-0.25, -0.2) is 19.4 Å². The van der Waals surface area contributed by atoms with Gasteiger partial charge in [0.25, 0.3) is 23.6 Å². The molecule has 11 rings (SSSR count). The number of hydrogen-bond donors (Lipinski definition) is 8. The standard InChI is InChI=1S/C97H143N13O23/c1-61-16-12-11-13-17-62(2)80(121-8)54-74-24-19-67(7)97(120,133-74)91(117)94(118)109-32-15-14-18-76(109)95(119)131-81(64(4)50-68-21-25-77(111)82(52-68)122-9)55-78(112)63(3)49-66(6)89(116)90(123-10)87(65(5)48-61)106-130-59-84(114)103-73-28-33-107(34-29-73)58-83(113)100-31-37-125-39-41-127-43-45-129-47-46-128-44-42-126-40-38-124-36-30-85(115)108-35-27-70-51-69(20-22-72(70)57-108)56-110-93-86(92(98)101-60-102-93)88(105-110)71-23-26-79-75(53-71)104-96(99)132-79/h11-13,16-17,20,22-23,26,49,51,53,60-61,63-65,67-68,73-74,76-78,80-82,89-90,111-112,116,120H,14-15,18-19,21,24-25,27-48,50,52,54-59H2,1-10H3,(H2,99,104)(H,100,113)(H,103,114)(H2,98,101,102)/b13-11?,16-12+,62-17?,66-49+,106-87?/t61-,63-,64-,65-,67-,68+,74+,76+,77-,78-,80+,81+,82-,89-,90+,97-/m1/s1. The van der Waals surface area contributed by atoms with Gasteiger partial charge >= 0.3 is 5.97 Å². The summed E-state index contributed by atoms with van der Waals surface area (Å²) >= 11 is 0. The zero-order valence-electron chi connectivity index (χ0n) is 79.1. The molecule has 3 saturated heterocycles. The number of piperidine rings is 2. The van der Waals surface area contributed by atoms with Crippen molar-refractivity contribution < 1.29 is 111 Å². The lowest BCUT2D eigenvalue weighted by Gasteiger charge is -2.43. The summed E-state index contributed by atoms with van der Waals surface area (Å²) in [5, 5.41) is 63.5. The number of amides is 4. The largest absolute Gasteiger partial charge is 0.460 e. The van der Waals surface area contributed by atoms with Crippen LogP contribution in [0.25, 0.3) is 33.4 Å². The van der Waals surface area contributed by atoms with Crippen molar-refractivity contribution in [2.75, 3.05) is 158 Å². The molecule has 8 heterocycles. The number of methoxy groups -OCH3 is 3. The maximum absolute atomic E-state index is 14.8. The van der Waals surface area contributed by atoms with Gasteiger partial charge in [-0.15, -0.1) is 0 Å². The number of aliphatic hydroxyl groups is 4. The number of oxazole rings is 1. The van der Waals surface area contributed by atoms with Crippen LogP contribution >= 0.6 is 0 Å². The van der Waals surface area contributed by atoms with Gasteiger partial charge in [0.2, 0.25) is 17.6 Å². The third kappa shape index (κ3) is 30.2. The molecule has 1 saturated carbocycles. The van der Waals surface area contributed by atoms with Gasteiger partial charge < -0.3 is 114 Å².